The normalized spacial score (nSPS) is 14.2. The van der Waals surface area contributed by atoms with E-state index in [1.165, 1.54) is 0 Å². The molecule has 1 aliphatic heterocycles. The summed E-state index contributed by atoms with van der Waals surface area (Å²) in [5.41, 5.74) is 1.87. The van der Waals surface area contributed by atoms with Gasteiger partial charge in [-0.1, -0.05) is 23.7 Å². The Kier molecular flexibility index (Phi) is 3.03. The Morgan fingerprint density at radius 2 is 2.21 bits per heavy atom. The molecule has 2 heterocycles. The Hall–Kier alpha value is -1.81. The summed E-state index contributed by atoms with van der Waals surface area (Å²) < 4.78 is 2.01. The molecule has 5 heteroatoms. The van der Waals surface area contributed by atoms with E-state index in [1.807, 2.05) is 22.8 Å². The van der Waals surface area contributed by atoms with Crippen LogP contribution in [-0.2, 0) is 13.0 Å². The van der Waals surface area contributed by atoms with E-state index in [1.54, 1.807) is 6.07 Å². The number of fused-ring (bicyclic) bond motifs is 1. The molecule has 0 aliphatic carbocycles. The first kappa shape index (κ1) is 12.2. The van der Waals surface area contributed by atoms with Crippen LogP contribution in [-0.4, -0.2) is 20.6 Å². The van der Waals surface area contributed by atoms with Gasteiger partial charge in [-0.15, -0.1) is 0 Å². The average Bonchev–Trinajstić information content (AvgIpc) is 2.78. The number of hydrogen-bond donors (Lipinski definition) is 1. The van der Waals surface area contributed by atoms with Crippen LogP contribution in [0.25, 0.3) is 11.4 Å². The molecule has 0 spiro atoms. The Morgan fingerprint density at radius 1 is 1.37 bits per heavy atom. The van der Waals surface area contributed by atoms with Crippen molar-refractivity contribution in [2.45, 2.75) is 25.8 Å². The zero-order valence-electron chi connectivity index (χ0n) is 10.3. The van der Waals surface area contributed by atoms with Crippen molar-refractivity contribution < 1.29 is 9.90 Å². The maximum atomic E-state index is 11.3. The third kappa shape index (κ3) is 2.12. The van der Waals surface area contributed by atoms with Gasteiger partial charge in [0, 0.05) is 17.1 Å². The Morgan fingerprint density at radius 3 is 2.95 bits per heavy atom. The largest absolute Gasteiger partial charge is 0.476 e. The summed E-state index contributed by atoms with van der Waals surface area (Å²) in [6.07, 6.45) is 2.84. The van der Waals surface area contributed by atoms with Gasteiger partial charge in [-0.2, -0.15) is 0 Å². The molecule has 3 rings (SSSR count). The highest BCUT2D eigenvalue weighted by Crippen LogP contribution is 2.28. The van der Waals surface area contributed by atoms with Gasteiger partial charge < -0.3 is 9.67 Å². The van der Waals surface area contributed by atoms with Crippen molar-refractivity contribution in [2.75, 3.05) is 0 Å². The minimum Gasteiger partial charge on any atom is -0.476 e. The number of aromatic nitrogens is 2. The summed E-state index contributed by atoms with van der Waals surface area (Å²) in [4.78, 5) is 15.6. The lowest BCUT2D eigenvalue weighted by Crippen LogP contribution is -2.13. The molecule has 0 amide bonds. The van der Waals surface area contributed by atoms with Crippen LogP contribution >= 0.6 is 11.6 Å². The monoisotopic (exact) mass is 276 g/mol. The summed E-state index contributed by atoms with van der Waals surface area (Å²) in [5, 5.41) is 9.88. The van der Waals surface area contributed by atoms with Crippen LogP contribution in [0.2, 0.25) is 5.02 Å². The minimum absolute atomic E-state index is 0.176. The third-order valence-corrected chi connectivity index (χ3v) is 3.64. The minimum atomic E-state index is -0.959. The standard InChI is InChI=1S/C14H13ClN2O2/c15-10-5-3-4-9(8-10)13-16-12(14(18)19)11-6-1-2-7-17(11)13/h3-5,8H,1-2,6-7H2,(H,18,19). The molecule has 2 aromatic rings. The van der Waals surface area contributed by atoms with Crippen molar-refractivity contribution in [3.8, 4) is 11.4 Å². The van der Waals surface area contributed by atoms with Crippen LogP contribution in [0.3, 0.4) is 0 Å². The van der Waals surface area contributed by atoms with Crippen molar-refractivity contribution in [3.05, 3.63) is 40.7 Å². The quantitative estimate of drug-likeness (QED) is 0.916. The van der Waals surface area contributed by atoms with Crippen molar-refractivity contribution >= 4 is 17.6 Å². The van der Waals surface area contributed by atoms with E-state index in [4.69, 9.17) is 11.6 Å². The molecule has 0 saturated carbocycles. The second-order valence-corrected chi connectivity index (χ2v) is 5.09. The first-order chi connectivity index (χ1) is 9.16. The van der Waals surface area contributed by atoms with Gasteiger partial charge in [0.2, 0.25) is 0 Å². The van der Waals surface area contributed by atoms with Crippen LogP contribution in [0.15, 0.2) is 24.3 Å². The molecule has 4 nitrogen and oxygen atoms in total. The molecule has 1 aliphatic rings. The summed E-state index contributed by atoms with van der Waals surface area (Å²) in [5.74, 6) is -0.256. The number of carbonyl (C=O) groups is 1. The van der Waals surface area contributed by atoms with E-state index in [0.29, 0.717) is 10.8 Å². The number of aromatic carboxylic acids is 1. The molecule has 19 heavy (non-hydrogen) atoms. The zero-order valence-corrected chi connectivity index (χ0v) is 11.0. The van der Waals surface area contributed by atoms with Gasteiger partial charge in [-0.05, 0) is 31.4 Å². The molecule has 1 aromatic heterocycles. The van der Waals surface area contributed by atoms with Gasteiger partial charge in [0.1, 0.15) is 5.82 Å². The number of rotatable bonds is 2. The number of hydrogen-bond acceptors (Lipinski definition) is 2. The molecule has 0 fully saturated rings. The van der Waals surface area contributed by atoms with Crippen LogP contribution < -0.4 is 0 Å². The fourth-order valence-corrected chi connectivity index (χ4v) is 2.75. The smallest absolute Gasteiger partial charge is 0.356 e. The number of nitrogens with zero attached hydrogens (tertiary/aromatic N) is 2. The molecule has 0 unspecified atom stereocenters. The molecular formula is C14H13ClN2O2. The highest BCUT2D eigenvalue weighted by molar-refractivity contribution is 6.30. The zero-order chi connectivity index (χ0) is 13.4. The SMILES string of the molecule is O=C(O)c1nc(-c2cccc(Cl)c2)n2c1CCCC2. The van der Waals surface area contributed by atoms with E-state index >= 15 is 0 Å². The Labute approximate surface area is 115 Å². The second-order valence-electron chi connectivity index (χ2n) is 4.65. The fourth-order valence-electron chi connectivity index (χ4n) is 2.56. The van der Waals surface area contributed by atoms with E-state index in [0.717, 1.165) is 37.1 Å². The highest BCUT2D eigenvalue weighted by Gasteiger charge is 2.24. The highest BCUT2D eigenvalue weighted by atomic mass is 35.5. The summed E-state index contributed by atoms with van der Waals surface area (Å²) in [7, 11) is 0. The van der Waals surface area contributed by atoms with Gasteiger partial charge >= 0.3 is 5.97 Å². The molecule has 0 saturated heterocycles. The number of carboxylic acids is 1. The van der Waals surface area contributed by atoms with Crippen molar-refractivity contribution in [3.63, 3.8) is 0 Å². The number of carboxylic acid groups (broad SMARTS) is 1. The van der Waals surface area contributed by atoms with Crippen LogP contribution in [0, 0.1) is 0 Å². The third-order valence-electron chi connectivity index (χ3n) is 3.40. The maximum absolute atomic E-state index is 11.3. The van der Waals surface area contributed by atoms with Crippen LogP contribution in [0.4, 0.5) is 0 Å². The lowest BCUT2D eigenvalue weighted by molar-refractivity contribution is 0.0689. The topological polar surface area (TPSA) is 55.1 Å². The lowest BCUT2D eigenvalue weighted by Gasteiger charge is -2.17. The molecule has 1 aromatic carbocycles. The predicted octanol–water partition coefficient (Wildman–Crippen LogP) is 3.24. The lowest BCUT2D eigenvalue weighted by atomic mass is 10.1. The van der Waals surface area contributed by atoms with Crippen molar-refractivity contribution in [1.29, 1.82) is 0 Å². The molecular weight excluding hydrogens is 264 g/mol. The molecule has 0 radical (unpaired) electrons. The Balaban J connectivity index is 2.19. The average molecular weight is 277 g/mol. The number of imidazole rings is 1. The Bertz CT molecular complexity index is 649. The van der Waals surface area contributed by atoms with E-state index < -0.39 is 5.97 Å². The number of benzene rings is 1. The van der Waals surface area contributed by atoms with Gasteiger partial charge in [0.25, 0.3) is 0 Å². The van der Waals surface area contributed by atoms with Crippen molar-refractivity contribution in [1.82, 2.24) is 9.55 Å². The van der Waals surface area contributed by atoms with Crippen LogP contribution in [0.5, 0.6) is 0 Å². The van der Waals surface area contributed by atoms with Gasteiger partial charge in [0.15, 0.2) is 5.69 Å². The summed E-state index contributed by atoms with van der Waals surface area (Å²) in [6, 6.07) is 7.37. The second kappa shape index (κ2) is 4.70. The number of halogens is 1. The van der Waals surface area contributed by atoms with Crippen LogP contribution in [0.1, 0.15) is 29.0 Å². The molecule has 0 atom stereocenters. The van der Waals surface area contributed by atoms with Crippen molar-refractivity contribution in [2.24, 2.45) is 0 Å². The fraction of sp³-hybridized carbons (Fsp3) is 0.286. The summed E-state index contributed by atoms with van der Waals surface area (Å²) >= 11 is 5.99. The molecule has 1 N–H and O–H groups in total. The van der Waals surface area contributed by atoms with Gasteiger partial charge in [-0.25, -0.2) is 9.78 Å². The summed E-state index contributed by atoms with van der Waals surface area (Å²) in [6.45, 7) is 0.817. The first-order valence-electron chi connectivity index (χ1n) is 6.25. The predicted molar refractivity (Wildman–Crippen MR) is 72.6 cm³/mol. The van der Waals surface area contributed by atoms with E-state index in [9.17, 15) is 9.90 Å². The molecule has 0 bridgehead atoms. The molecule has 98 valence electrons. The van der Waals surface area contributed by atoms with E-state index in [2.05, 4.69) is 4.98 Å². The first-order valence-corrected chi connectivity index (χ1v) is 6.63. The maximum Gasteiger partial charge on any atom is 0.356 e. The van der Waals surface area contributed by atoms with Gasteiger partial charge in [0.05, 0.1) is 5.69 Å². The van der Waals surface area contributed by atoms with Gasteiger partial charge in [-0.3, -0.25) is 0 Å². The van der Waals surface area contributed by atoms with E-state index in [-0.39, 0.29) is 5.69 Å².